The minimum Gasteiger partial charge on any atom is -0.285 e. The zero-order valence-electron chi connectivity index (χ0n) is 13.7. The number of hydrogen-bond acceptors (Lipinski definition) is 5. The predicted molar refractivity (Wildman–Crippen MR) is 94.3 cm³/mol. The first-order valence-corrected chi connectivity index (χ1v) is 8.41. The fourth-order valence-electron chi connectivity index (χ4n) is 3.15. The van der Waals surface area contributed by atoms with Gasteiger partial charge >= 0.3 is 0 Å². The number of hydrogen-bond donors (Lipinski definition) is 0. The largest absolute Gasteiger partial charge is 0.285 e. The number of aromatic nitrogens is 4. The van der Waals surface area contributed by atoms with Gasteiger partial charge in [-0.2, -0.15) is 0 Å². The van der Waals surface area contributed by atoms with Crippen molar-refractivity contribution in [3.63, 3.8) is 0 Å². The van der Waals surface area contributed by atoms with E-state index in [1.54, 1.807) is 30.6 Å². The smallest absolute Gasteiger partial charge is 0.263 e. The maximum atomic E-state index is 14.4. The number of halogens is 2. The van der Waals surface area contributed by atoms with E-state index in [4.69, 9.17) is 11.6 Å². The summed E-state index contributed by atoms with van der Waals surface area (Å²) >= 11 is 5.99. The number of fused-ring (bicyclic) bond motifs is 1. The quantitative estimate of drug-likeness (QED) is 0.701. The van der Waals surface area contributed by atoms with Gasteiger partial charge in [-0.05, 0) is 36.2 Å². The number of carbonyl (C=O) groups excluding carboxylic acids is 1. The molecule has 6 nitrogen and oxygen atoms in total. The highest BCUT2D eigenvalue weighted by atomic mass is 35.5. The minimum atomic E-state index is -0.626. The van der Waals surface area contributed by atoms with Crippen LogP contribution in [0, 0.1) is 5.82 Å². The summed E-state index contributed by atoms with van der Waals surface area (Å²) in [5, 5.41) is 0.260. The zero-order chi connectivity index (χ0) is 18.3. The molecule has 0 aliphatic carbocycles. The molecule has 0 radical (unpaired) electrons. The van der Waals surface area contributed by atoms with Crippen LogP contribution >= 0.6 is 11.6 Å². The SMILES string of the molecule is CC[C@@H]1c2cc(Cl)cc(F)c2C(=O)N1c1ccnc(-c2ncccn2)n1. The molecule has 1 amide bonds. The van der Waals surface area contributed by atoms with Gasteiger partial charge < -0.3 is 0 Å². The van der Waals surface area contributed by atoms with Gasteiger partial charge in [0, 0.05) is 23.6 Å². The summed E-state index contributed by atoms with van der Waals surface area (Å²) in [7, 11) is 0. The highest BCUT2D eigenvalue weighted by Crippen LogP contribution is 2.41. The molecule has 4 rings (SSSR count). The molecule has 8 heteroatoms. The van der Waals surface area contributed by atoms with Crippen molar-refractivity contribution >= 4 is 23.3 Å². The Bertz CT molecular complexity index is 998. The average Bonchev–Trinajstić information content (AvgIpc) is 2.94. The molecule has 1 aliphatic heterocycles. The fourth-order valence-corrected chi connectivity index (χ4v) is 3.37. The van der Waals surface area contributed by atoms with E-state index in [0.717, 1.165) is 6.07 Å². The molecule has 1 aliphatic rings. The van der Waals surface area contributed by atoms with Gasteiger partial charge in [0.05, 0.1) is 11.6 Å². The minimum absolute atomic E-state index is 0.0392. The van der Waals surface area contributed by atoms with Crippen molar-refractivity contribution in [2.24, 2.45) is 0 Å². The molecule has 0 fully saturated rings. The summed E-state index contributed by atoms with van der Waals surface area (Å²) in [6.45, 7) is 1.92. The Kier molecular flexibility index (Phi) is 4.08. The van der Waals surface area contributed by atoms with E-state index in [9.17, 15) is 9.18 Å². The molecule has 0 bridgehead atoms. The lowest BCUT2D eigenvalue weighted by atomic mass is 10.0. The lowest BCUT2D eigenvalue weighted by Crippen LogP contribution is -2.28. The number of nitrogens with zero attached hydrogens (tertiary/aromatic N) is 5. The Morgan fingerprint density at radius 2 is 1.88 bits per heavy atom. The molecule has 3 aromatic rings. The van der Waals surface area contributed by atoms with E-state index in [1.165, 1.54) is 11.1 Å². The summed E-state index contributed by atoms with van der Waals surface area (Å²) in [5.74, 6) is -0.0641. The number of anilines is 1. The van der Waals surface area contributed by atoms with Crippen LogP contribution in [0.15, 0.2) is 42.9 Å². The van der Waals surface area contributed by atoms with E-state index >= 15 is 0 Å². The summed E-state index contributed by atoms with van der Waals surface area (Å²) in [4.78, 5) is 31.2. The van der Waals surface area contributed by atoms with Crippen molar-refractivity contribution in [1.82, 2.24) is 19.9 Å². The second-order valence-corrected chi connectivity index (χ2v) is 6.20. The van der Waals surface area contributed by atoms with Crippen LogP contribution in [0.5, 0.6) is 0 Å². The Labute approximate surface area is 153 Å². The summed E-state index contributed by atoms with van der Waals surface area (Å²) in [5.41, 5.74) is 0.607. The first-order chi connectivity index (χ1) is 12.6. The van der Waals surface area contributed by atoms with Gasteiger partial charge in [-0.1, -0.05) is 18.5 Å². The van der Waals surface area contributed by atoms with Gasteiger partial charge in [-0.25, -0.2) is 24.3 Å². The third-order valence-corrected chi connectivity index (χ3v) is 4.45. The van der Waals surface area contributed by atoms with Crippen LogP contribution in [0.2, 0.25) is 5.02 Å². The van der Waals surface area contributed by atoms with Crippen LogP contribution in [0.4, 0.5) is 10.2 Å². The lowest BCUT2D eigenvalue weighted by Gasteiger charge is -2.23. The van der Waals surface area contributed by atoms with Gasteiger partial charge in [0.25, 0.3) is 5.91 Å². The number of benzene rings is 1. The second-order valence-electron chi connectivity index (χ2n) is 5.76. The van der Waals surface area contributed by atoms with Crippen LogP contribution in [0.25, 0.3) is 11.6 Å². The second kappa shape index (κ2) is 6.42. The molecule has 1 aromatic carbocycles. The van der Waals surface area contributed by atoms with Crippen molar-refractivity contribution < 1.29 is 9.18 Å². The highest BCUT2D eigenvalue weighted by molar-refractivity contribution is 6.31. The van der Waals surface area contributed by atoms with Crippen molar-refractivity contribution in [2.75, 3.05) is 4.90 Å². The molecule has 2 aromatic heterocycles. The van der Waals surface area contributed by atoms with Crippen LogP contribution < -0.4 is 4.90 Å². The average molecular weight is 370 g/mol. The van der Waals surface area contributed by atoms with Gasteiger partial charge in [-0.15, -0.1) is 0 Å². The predicted octanol–water partition coefficient (Wildman–Crippen LogP) is 3.84. The first kappa shape index (κ1) is 16.5. The van der Waals surface area contributed by atoms with E-state index in [-0.39, 0.29) is 16.6 Å². The van der Waals surface area contributed by atoms with Crippen LogP contribution in [0.3, 0.4) is 0 Å². The van der Waals surface area contributed by atoms with E-state index in [2.05, 4.69) is 19.9 Å². The molecular weight excluding hydrogens is 357 g/mol. The van der Waals surface area contributed by atoms with Crippen LogP contribution in [-0.4, -0.2) is 25.8 Å². The molecule has 0 saturated carbocycles. The number of amides is 1. The van der Waals surface area contributed by atoms with Crippen molar-refractivity contribution in [2.45, 2.75) is 19.4 Å². The monoisotopic (exact) mass is 369 g/mol. The van der Waals surface area contributed by atoms with E-state index < -0.39 is 11.7 Å². The van der Waals surface area contributed by atoms with E-state index in [1.807, 2.05) is 6.92 Å². The van der Waals surface area contributed by atoms with Crippen LogP contribution in [-0.2, 0) is 0 Å². The normalized spacial score (nSPS) is 16.0. The maximum absolute atomic E-state index is 14.4. The molecule has 0 saturated heterocycles. The maximum Gasteiger partial charge on any atom is 0.263 e. The zero-order valence-corrected chi connectivity index (χ0v) is 14.5. The van der Waals surface area contributed by atoms with Crippen molar-refractivity contribution in [1.29, 1.82) is 0 Å². The molecule has 0 N–H and O–H groups in total. The lowest BCUT2D eigenvalue weighted by molar-refractivity contribution is 0.0986. The highest BCUT2D eigenvalue weighted by Gasteiger charge is 2.40. The summed E-state index contributed by atoms with van der Waals surface area (Å²) < 4.78 is 14.4. The number of carbonyl (C=O) groups is 1. The number of rotatable bonds is 3. The van der Waals surface area contributed by atoms with Crippen molar-refractivity contribution in [3.8, 4) is 11.6 Å². The van der Waals surface area contributed by atoms with Gasteiger partial charge in [0.1, 0.15) is 11.6 Å². The molecule has 0 unspecified atom stereocenters. The van der Waals surface area contributed by atoms with Crippen molar-refractivity contribution in [3.05, 3.63) is 64.8 Å². The topological polar surface area (TPSA) is 71.9 Å². The van der Waals surface area contributed by atoms with Gasteiger partial charge in [0.2, 0.25) is 0 Å². The standard InChI is InChI=1S/C18H13ClFN5O/c1-2-13-11-8-10(19)9-12(20)15(11)18(26)25(13)14-4-7-23-17(24-14)16-21-5-3-6-22-16/h3-9,13H,2H2,1H3/t13-/m1/s1. The fraction of sp³-hybridized carbons (Fsp3) is 0.167. The summed E-state index contributed by atoms with van der Waals surface area (Å²) in [6, 6.07) is 5.73. The Morgan fingerprint density at radius 1 is 1.15 bits per heavy atom. The Morgan fingerprint density at radius 3 is 2.62 bits per heavy atom. The molecular formula is C18H13ClFN5O. The van der Waals surface area contributed by atoms with Crippen LogP contribution in [0.1, 0.15) is 35.3 Å². The Hall–Kier alpha value is -2.93. The molecule has 130 valence electrons. The molecule has 26 heavy (non-hydrogen) atoms. The van der Waals surface area contributed by atoms with Gasteiger partial charge in [0.15, 0.2) is 11.6 Å². The van der Waals surface area contributed by atoms with Gasteiger partial charge in [-0.3, -0.25) is 9.69 Å². The third-order valence-electron chi connectivity index (χ3n) is 4.23. The first-order valence-electron chi connectivity index (χ1n) is 8.03. The third kappa shape index (κ3) is 2.61. The molecule has 1 atom stereocenters. The summed E-state index contributed by atoms with van der Waals surface area (Å²) in [6.07, 6.45) is 5.28. The molecule has 3 heterocycles. The van der Waals surface area contributed by atoms with E-state index in [0.29, 0.717) is 29.5 Å². The Balaban J connectivity index is 1.81. The molecule has 0 spiro atoms.